The summed E-state index contributed by atoms with van der Waals surface area (Å²) in [5.74, 6) is -0.0735. The van der Waals surface area contributed by atoms with Crippen LogP contribution in [0.2, 0.25) is 0 Å². The quantitative estimate of drug-likeness (QED) is 0.891. The number of carbonyl (C=O) groups excluding carboxylic acids is 1. The van der Waals surface area contributed by atoms with Crippen molar-refractivity contribution in [2.75, 3.05) is 11.9 Å². The molecule has 0 aromatic carbocycles. The van der Waals surface area contributed by atoms with Crippen molar-refractivity contribution < 1.29 is 4.79 Å². The molecule has 3 N–H and O–H groups in total. The van der Waals surface area contributed by atoms with Gasteiger partial charge < -0.3 is 11.1 Å². The van der Waals surface area contributed by atoms with E-state index >= 15 is 0 Å². The summed E-state index contributed by atoms with van der Waals surface area (Å²) in [6.45, 7) is 5.83. The van der Waals surface area contributed by atoms with Gasteiger partial charge in [-0.3, -0.25) is 9.78 Å². The Hall–Kier alpha value is -0.840. The molecule has 17 heavy (non-hydrogen) atoms. The normalized spacial score (nSPS) is 9.88. The highest BCUT2D eigenvalue weighted by atomic mass is 35.5. The summed E-state index contributed by atoms with van der Waals surface area (Å²) in [6.07, 6.45) is 1.67. The Bertz CT molecular complexity index is 369. The van der Waals surface area contributed by atoms with Gasteiger partial charge in [-0.1, -0.05) is 0 Å². The number of halogens is 2. The maximum Gasteiger partial charge on any atom is 0.231 e. The molecule has 6 heteroatoms. The Labute approximate surface area is 114 Å². The van der Waals surface area contributed by atoms with Crippen LogP contribution in [0.25, 0.3) is 0 Å². The number of nitrogens with two attached hydrogens (primary N) is 1. The smallest absolute Gasteiger partial charge is 0.231 e. The Morgan fingerprint density at radius 3 is 2.53 bits per heavy atom. The highest BCUT2D eigenvalue weighted by Gasteiger charge is 2.25. The molecule has 0 atom stereocenters. The SMILES string of the molecule is Cc1cc(NC(=O)C(C)(C)CN)ccn1.Cl.Cl. The second-order valence-corrected chi connectivity index (χ2v) is 4.23. The van der Waals surface area contributed by atoms with Crippen molar-refractivity contribution in [1.82, 2.24) is 4.98 Å². The number of pyridine rings is 1. The molecule has 1 aromatic heterocycles. The van der Waals surface area contributed by atoms with Crippen LogP contribution < -0.4 is 11.1 Å². The van der Waals surface area contributed by atoms with Gasteiger partial charge in [0.1, 0.15) is 0 Å². The van der Waals surface area contributed by atoms with Crippen molar-refractivity contribution in [2.24, 2.45) is 11.1 Å². The number of nitrogens with zero attached hydrogens (tertiary/aromatic N) is 1. The molecule has 0 spiro atoms. The van der Waals surface area contributed by atoms with Crippen LogP contribution in [0.15, 0.2) is 18.3 Å². The van der Waals surface area contributed by atoms with Gasteiger partial charge in [0.25, 0.3) is 0 Å². The Balaban J connectivity index is 0. The average Bonchev–Trinajstić information content (AvgIpc) is 2.17. The summed E-state index contributed by atoms with van der Waals surface area (Å²) in [7, 11) is 0. The lowest BCUT2D eigenvalue weighted by Crippen LogP contribution is -2.37. The van der Waals surface area contributed by atoms with E-state index in [2.05, 4.69) is 10.3 Å². The third-order valence-corrected chi connectivity index (χ3v) is 2.28. The fraction of sp³-hybridized carbons (Fsp3) is 0.455. The average molecular weight is 280 g/mol. The minimum atomic E-state index is -0.544. The lowest BCUT2D eigenvalue weighted by molar-refractivity contribution is -0.123. The van der Waals surface area contributed by atoms with Crippen LogP contribution in [0.5, 0.6) is 0 Å². The molecule has 0 fully saturated rings. The summed E-state index contributed by atoms with van der Waals surface area (Å²) >= 11 is 0. The zero-order valence-electron chi connectivity index (χ0n) is 10.2. The standard InChI is InChI=1S/C11H17N3O.2ClH/c1-8-6-9(4-5-13-8)14-10(15)11(2,3)7-12;;/h4-6H,7,12H2,1-3H3,(H,13,14,15);2*1H. The van der Waals surface area contributed by atoms with Gasteiger partial charge in [0.2, 0.25) is 5.91 Å². The van der Waals surface area contributed by atoms with E-state index in [0.29, 0.717) is 6.54 Å². The molecule has 1 aromatic rings. The highest BCUT2D eigenvalue weighted by Crippen LogP contribution is 2.16. The lowest BCUT2D eigenvalue weighted by Gasteiger charge is -2.21. The van der Waals surface area contributed by atoms with Gasteiger partial charge in [0, 0.05) is 24.1 Å². The Kier molecular flexibility index (Phi) is 8.15. The predicted molar refractivity (Wildman–Crippen MR) is 74.9 cm³/mol. The lowest BCUT2D eigenvalue weighted by atomic mass is 9.92. The van der Waals surface area contributed by atoms with E-state index in [1.165, 1.54) is 0 Å². The highest BCUT2D eigenvalue weighted by molar-refractivity contribution is 5.94. The molecule has 0 radical (unpaired) electrons. The number of hydrogen-bond donors (Lipinski definition) is 2. The number of hydrogen-bond acceptors (Lipinski definition) is 3. The van der Waals surface area contributed by atoms with E-state index in [4.69, 9.17) is 5.73 Å². The van der Waals surface area contributed by atoms with Gasteiger partial charge in [0.05, 0.1) is 5.41 Å². The number of anilines is 1. The van der Waals surface area contributed by atoms with Gasteiger partial charge in [-0.05, 0) is 32.9 Å². The maximum absolute atomic E-state index is 11.8. The third-order valence-electron chi connectivity index (χ3n) is 2.28. The van der Waals surface area contributed by atoms with E-state index in [0.717, 1.165) is 11.4 Å². The van der Waals surface area contributed by atoms with E-state index < -0.39 is 5.41 Å². The second-order valence-electron chi connectivity index (χ2n) is 4.23. The molecular weight excluding hydrogens is 261 g/mol. The minimum absolute atomic E-state index is 0. The number of rotatable bonds is 3. The molecule has 1 rings (SSSR count). The number of nitrogens with one attached hydrogen (secondary N) is 1. The van der Waals surface area contributed by atoms with E-state index in [1.807, 2.05) is 26.8 Å². The third kappa shape index (κ3) is 5.35. The van der Waals surface area contributed by atoms with E-state index in [-0.39, 0.29) is 30.7 Å². The minimum Gasteiger partial charge on any atom is -0.329 e. The first-order valence-corrected chi connectivity index (χ1v) is 4.90. The number of amides is 1. The van der Waals surface area contributed by atoms with Crippen molar-refractivity contribution in [2.45, 2.75) is 20.8 Å². The predicted octanol–water partition coefficient (Wildman–Crippen LogP) is 2.16. The van der Waals surface area contributed by atoms with Crippen LogP contribution in [-0.4, -0.2) is 17.4 Å². The zero-order chi connectivity index (χ0) is 11.5. The van der Waals surface area contributed by atoms with Gasteiger partial charge in [0.15, 0.2) is 0 Å². The largest absolute Gasteiger partial charge is 0.329 e. The number of aryl methyl sites for hydroxylation is 1. The van der Waals surface area contributed by atoms with Gasteiger partial charge in [-0.2, -0.15) is 0 Å². The van der Waals surface area contributed by atoms with Crippen LogP contribution in [-0.2, 0) is 4.79 Å². The van der Waals surface area contributed by atoms with Gasteiger partial charge >= 0.3 is 0 Å². The molecular formula is C11H19Cl2N3O. The summed E-state index contributed by atoms with van der Waals surface area (Å²) in [6, 6.07) is 3.59. The molecule has 0 aliphatic heterocycles. The summed E-state index contributed by atoms with van der Waals surface area (Å²) in [4.78, 5) is 15.8. The molecule has 0 aliphatic rings. The van der Waals surface area contributed by atoms with Crippen LogP contribution >= 0.6 is 24.8 Å². The monoisotopic (exact) mass is 279 g/mol. The maximum atomic E-state index is 11.8. The van der Waals surface area contributed by atoms with E-state index in [9.17, 15) is 4.79 Å². The fourth-order valence-corrected chi connectivity index (χ4v) is 1.02. The van der Waals surface area contributed by atoms with Crippen LogP contribution in [0.3, 0.4) is 0 Å². The Morgan fingerprint density at radius 1 is 1.47 bits per heavy atom. The first kappa shape index (κ1) is 18.5. The van der Waals surface area contributed by atoms with E-state index in [1.54, 1.807) is 12.3 Å². The molecule has 4 nitrogen and oxygen atoms in total. The van der Waals surface area contributed by atoms with Gasteiger partial charge in [-0.15, -0.1) is 24.8 Å². The van der Waals surface area contributed by atoms with Gasteiger partial charge in [-0.25, -0.2) is 0 Å². The summed E-state index contributed by atoms with van der Waals surface area (Å²) < 4.78 is 0. The molecule has 1 amide bonds. The molecule has 0 saturated heterocycles. The topological polar surface area (TPSA) is 68.0 Å². The molecule has 0 saturated carbocycles. The summed E-state index contributed by atoms with van der Waals surface area (Å²) in [5, 5.41) is 2.82. The van der Waals surface area contributed by atoms with Crippen LogP contribution in [0, 0.1) is 12.3 Å². The van der Waals surface area contributed by atoms with Crippen molar-refractivity contribution in [3.8, 4) is 0 Å². The zero-order valence-corrected chi connectivity index (χ0v) is 11.8. The first-order valence-electron chi connectivity index (χ1n) is 4.90. The number of aromatic nitrogens is 1. The molecule has 98 valence electrons. The van der Waals surface area contributed by atoms with Crippen molar-refractivity contribution >= 4 is 36.4 Å². The molecule has 0 aliphatic carbocycles. The summed E-state index contributed by atoms with van der Waals surface area (Å²) in [5.41, 5.74) is 6.60. The molecule has 0 unspecified atom stereocenters. The first-order chi connectivity index (χ1) is 6.95. The van der Waals surface area contributed by atoms with Crippen molar-refractivity contribution in [1.29, 1.82) is 0 Å². The van der Waals surface area contributed by atoms with Crippen molar-refractivity contribution in [3.63, 3.8) is 0 Å². The number of carbonyl (C=O) groups is 1. The Morgan fingerprint density at radius 2 is 2.06 bits per heavy atom. The van der Waals surface area contributed by atoms with Crippen molar-refractivity contribution in [3.05, 3.63) is 24.0 Å². The molecule has 0 bridgehead atoms. The van der Waals surface area contributed by atoms with Crippen LogP contribution in [0.1, 0.15) is 19.5 Å². The molecule has 1 heterocycles. The van der Waals surface area contributed by atoms with Crippen LogP contribution in [0.4, 0.5) is 5.69 Å². The second kappa shape index (κ2) is 7.48. The fourth-order valence-electron chi connectivity index (χ4n) is 1.02.